The number of nitrogens with zero attached hydrogens (tertiary/aromatic N) is 3. The quantitative estimate of drug-likeness (QED) is 0.755. The number of rotatable bonds is 3. The van der Waals surface area contributed by atoms with Crippen LogP contribution < -0.4 is 15.2 Å². The van der Waals surface area contributed by atoms with Crippen LogP contribution in [-0.4, -0.2) is 26.6 Å². The van der Waals surface area contributed by atoms with Crippen molar-refractivity contribution in [1.82, 2.24) is 9.78 Å². The van der Waals surface area contributed by atoms with Crippen molar-refractivity contribution >= 4 is 21.6 Å². The molecule has 8 nitrogen and oxygen atoms in total. The van der Waals surface area contributed by atoms with Crippen molar-refractivity contribution in [3.63, 3.8) is 0 Å². The van der Waals surface area contributed by atoms with E-state index in [0.717, 1.165) is 57.1 Å². The number of fused-ring (bicyclic) bond motifs is 3. The summed E-state index contributed by atoms with van der Waals surface area (Å²) in [7, 11) is -3.49. The number of carbonyl (C=O) groups excluding carboxylic acids is 1. The molecule has 1 aromatic carbocycles. The predicted octanol–water partition coefficient (Wildman–Crippen LogP) is 3.60. The summed E-state index contributed by atoms with van der Waals surface area (Å²) >= 11 is 0. The number of urea groups is 1. The molecule has 166 valence electrons. The third-order valence-corrected chi connectivity index (χ3v) is 8.12. The first-order valence-electron chi connectivity index (χ1n) is 11.2. The van der Waals surface area contributed by atoms with Crippen LogP contribution in [0.3, 0.4) is 0 Å². The van der Waals surface area contributed by atoms with Crippen molar-refractivity contribution < 1.29 is 13.7 Å². The molecular formula is C22H29N5O3S. The lowest BCUT2D eigenvalue weighted by molar-refractivity contribution is 0.260. The fourth-order valence-corrected chi connectivity index (χ4v) is 6.10. The Hall–Kier alpha value is -2.39. The molecule has 0 radical (unpaired) electrons. The first-order chi connectivity index (χ1) is 15.0. The Morgan fingerprint density at radius 3 is 2.68 bits per heavy atom. The van der Waals surface area contributed by atoms with Crippen molar-refractivity contribution in [3.05, 3.63) is 34.5 Å². The van der Waals surface area contributed by atoms with Crippen LogP contribution in [0.2, 0.25) is 0 Å². The van der Waals surface area contributed by atoms with Gasteiger partial charge in [0.1, 0.15) is 4.90 Å². The molecule has 0 saturated carbocycles. The predicted molar refractivity (Wildman–Crippen MR) is 119 cm³/mol. The number of anilines is 1. The lowest BCUT2D eigenvalue weighted by Crippen LogP contribution is -2.19. The summed E-state index contributed by atoms with van der Waals surface area (Å²) in [6, 6.07) is 1.62. The van der Waals surface area contributed by atoms with Crippen molar-refractivity contribution in [2.75, 3.05) is 11.9 Å². The van der Waals surface area contributed by atoms with Gasteiger partial charge in [0.2, 0.25) is 5.88 Å². The van der Waals surface area contributed by atoms with Gasteiger partial charge in [0.25, 0.3) is 0 Å². The number of aryl methyl sites for hydroxylation is 2. The maximum Gasteiger partial charge on any atom is 0.354 e. The first-order valence-corrected chi connectivity index (χ1v) is 12.7. The van der Waals surface area contributed by atoms with E-state index in [-0.39, 0.29) is 4.90 Å². The molecule has 5 rings (SSSR count). The van der Waals surface area contributed by atoms with Gasteiger partial charge in [0, 0.05) is 12.2 Å². The minimum atomic E-state index is -3.49. The van der Waals surface area contributed by atoms with Gasteiger partial charge in [-0.3, -0.25) is 0 Å². The van der Waals surface area contributed by atoms with E-state index in [1.807, 2.05) is 0 Å². The normalized spacial score (nSPS) is 21.3. The Balaban J connectivity index is 1.45. The number of nitrogens with two attached hydrogens (primary N) is 1. The summed E-state index contributed by atoms with van der Waals surface area (Å²) in [6.07, 6.45) is 9.46. The van der Waals surface area contributed by atoms with Crippen molar-refractivity contribution in [2.24, 2.45) is 15.4 Å². The molecule has 9 heteroatoms. The zero-order chi connectivity index (χ0) is 21.6. The zero-order valence-corrected chi connectivity index (χ0v) is 18.7. The van der Waals surface area contributed by atoms with Gasteiger partial charge >= 0.3 is 6.03 Å². The SMILES string of the molecule is CC[C@@H]1CCOc2c(S(N)(=O)=NC(=O)Nc3c4c(cc5c3CCC5)CCC4)cnn2C1. The first kappa shape index (κ1) is 20.5. The summed E-state index contributed by atoms with van der Waals surface area (Å²) in [4.78, 5) is 13.0. The maximum absolute atomic E-state index is 13.3. The molecule has 1 unspecified atom stereocenters. The molecule has 2 amide bonds. The van der Waals surface area contributed by atoms with Crippen molar-refractivity contribution in [3.8, 4) is 5.88 Å². The summed E-state index contributed by atoms with van der Waals surface area (Å²) in [5.74, 6) is 0.798. The summed E-state index contributed by atoms with van der Waals surface area (Å²) in [5.41, 5.74) is 5.87. The Morgan fingerprint density at radius 2 is 2.00 bits per heavy atom. The van der Waals surface area contributed by atoms with Gasteiger partial charge < -0.3 is 10.1 Å². The molecule has 0 spiro atoms. The van der Waals surface area contributed by atoms with Gasteiger partial charge in [-0.1, -0.05) is 19.4 Å². The van der Waals surface area contributed by atoms with E-state index in [1.165, 1.54) is 28.5 Å². The minimum absolute atomic E-state index is 0.183. The molecule has 0 saturated heterocycles. The molecule has 2 heterocycles. The number of nitrogens with one attached hydrogen (secondary N) is 1. The highest BCUT2D eigenvalue weighted by Gasteiger charge is 2.27. The van der Waals surface area contributed by atoms with E-state index in [1.54, 1.807) is 4.68 Å². The Bertz CT molecular complexity index is 1130. The van der Waals surface area contributed by atoms with Crippen LogP contribution in [0.25, 0.3) is 0 Å². The fourth-order valence-electron chi connectivity index (χ4n) is 5.09. The average Bonchev–Trinajstić information content (AvgIpc) is 3.44. The highest BCUT2D eigenvalue weighted by atomic mass is 32.2. The molecule has 31 heavy (non-hydrogen) atoms. The van der Waals surface area contributed by atoms with Crippen molar-refractivity contribution in [2.45, 2.75) is 69.7 Å². The fraction of sp³-hybridized carbons (Fsp3) is 0.545. The van der Waals surface area contributed by atoms with E-state index in [0.29, 0.717) is 24.9 Å². The molecule has 2 aromatic rings. The van der Waals surface area contributed by atoms with E-state index in [9.17, 15) is 9.00 Å². The van der Waals surface area contributed by atoms with E-state index < -0.39 is 15.9 Å². The zero-order valence-electron chi connectivity index (χ0n) is 17.9. The molecule has 1 aromatic heterocycles. The second-order valence-electron chi connectivity index (χ2n) is 8.73. The summed E-state index contributed by atoms with van der Waals surface area (Å²) in [5, 5.41) is 13.3. The number of aromatic nitrogens is 2. The van der Waals surface area contributed by atoms with Crippen LogP contribution in [0.5, 0.6) is 5.88 Å². The number of hydrogen-bond donors (Lipinski definition) is 2. The topological polar surface area (TPSA) is 112 Å². The smallest absolute Gasteiger partial charge is 0.354 e. The Morgan fingerprint density at radius 1 is 1.29 bits per heavy atom. The molecule has 3 N–H and O–H groups in total. The Labute approximate surface area is 182 Å². The number of benzene rings is 1. The highest BCUT2D eigenvalue weighted by molar-refractivity contribution is 7.91. The van der Waals surface area contributed by atoms with Crippen molar-refractivity contribution in [1.29, 1.82) is 0 Å². The number of ether oxygens (including phenoxy) is 1. The van der Waals surface area contributed by atoms with E-state index >= 15 is 0 Å². The molecule has 2 atom stereocenters. The summed E-state index contributed by atoms with van der Waals surface area (Å²) < 4.78 is 24.7. The maximum atomic E-state index is 13.3. The molecule has 1 aliphatic heterocycles. The molecule has 0 fully saturated rings. The van der Waals surface area contributed by atoms with E-state index in [4.69, 9.17) is 9.88 Å². The number of hydrogen-bond acceptors (Lipinski definition) is 4. The van der Waals surface area contributed by atoms with Gasteiger partial charge in [0.15, 0.2) is 9.92 Å². The standard InChI is InChI=1S/C22H29N5O3S/c1-2-14-9-10-30-21-19(12-24-27(21)13-14)31(23,29)26-22(28)25-20-17-7-3-5-15(17)11-16-6-4-8-18(16)20/h11-12,14H,2-10,13H2,1H3,(H3,23,25,26,28,29)/t14-,31?/m1/s1. The largest absolute Gasteiger partial charge is 0.477 e. The van der Waals surface area contributed by atoms with Crippen LogP contribution in [-0.2, 0) is 42.1 Å². The number of amides is 2. The Kier molecular flexibility index (Phi) is 5.26. The van der Waals surface area contributed by atoms with Gasteiger partial charge in [-0.05, 0) is 73.1 Å². The molecule has 3 aliphatic rings. The monoisotopic (exact) mass is 443 g/mol. The third kappa shape index (κ3) is 3.74. The highest BCUT2D eigenvalue weighted by Crippen LogP contribution is 2.38. The molecule has 2 aliphatic carbocycles. The van der Waals surface area contributed by atoms with Gasteiger partial charge in [0.05, 0.1) is 12.8 Å². The molecular weight excluding hydrogens is 414 g/mol. The van der Waals surface area contributed by atoms with E-state index in [2.05, 4.69) is 27.8 Å². The van der Waals surface area contributed by atoms with Gasteiger partial charge in [-0.15, -0.1) is 4.36 Å². The van der Waals surface area contributed by atoms with Crippen LogP contribution in [0.1, 0.15) is 54.9 Å². The second kappa shape index (κ2) is 7.94. The number of carbonyl (C=O) groups is 1. The van der Waals surface area contributed by atoms with Gasteiger partial charge in [-0.2, -0.15) is 5.10 Å². The lowest BCUT2D eigenvalue weighted by Gasteiger charge is -2.15. The van der Waals surface area contributed by atoms with Crippen LogP contribution in [0.15, 0.2) is 21.5 Å². The molecule has 0 bridgehead atoms. The van der Waals surface area contributed by atoms with Crippen LogP contribution in [0, 0.1) is 5.92 Å². The van der Waals surface area contributed by atoms with Gasteiger partial charge in [-0.25, -0.2) is 18.8 Å². The van der Waals surface area contributed by atoms with Crippen LogP contribution in [0.4, 0.5) is 10.5 Å². The lowest BCUT2D eigenvalue weighted by atomic mass is 9.99. The second-order valence-corrected chi connectivity index (χ2v) is 10.5. The summed E-state index contributed by atoms with van der Waals surface area (Å²) in [6.45, 7) is 3.31. The van der Waals surface area contributed by atoms with Crippen LogP contribution >= 0.6 is 0 Å². The third-order valence-electron chi connectivity index (χ3n) is 6.77. The minimum Gasteiger partial charge on any atom is -0.477 e. The average molecular weight is 444 g/mol.